The Labute approximate surface area is 161 Å². The topological polar surface area (TPSA) is 94.7 Å². The molecule has 1 aliphatic heterocycles. The number of nitrogens with one attached hydrogen (secondary N) is 1. The molecule has 0 unspecified atom stereocenters. The smallest absolute Gasteiger partial charge is 0.220 e. The number of aromatic nitrogens is 1. The molecule has 144 valence electrons. The molecule has 1 saturated heterocycles. The minimum atomic E-state index is -0.412. The number of aromatic amines is 1. The molecule has 0 radical (unpaired) electrons. The SMILES string of the molecule is NC(=O)C1CCN(c2ccc(N=Cc3c(O)[nH]c4cccc(F)c34)cc2)CC1. The summed E-state index contributed by atoms with van der Waals surface area (Å²) in [5.74, 6) is -0.784. The first-order chi connectivity index (χ1) is 13.5. The lowest BCUT2D eigenvalue weighted by Crippen LogP contribution is -2.38. The number of anilines is 1. The second-order valence-electron chi connectivity index (χ2n) is 6.99. The minimum Gasteiger partial charge on any atom is -0.494 e. The average Bonchev–Trinajstić information content (AvgIpc) is 3.03. The van der Waals surface area contributed by atoms with Crippen LogP contribution in [0.15, 0.2) is 47.5 Å². The maximum Gasteiger partial charge on any atom is 0.220 e. The highest BCUT2D eigenvalue weighted by atomic mass is 19.1. The number of primary amides is 1. The summed E-state index contributed by atoms with van der Waals surface area (Å²) in [5.41, 5.74) is 7.98. The number of nitrogens with zero attached hydrogens (tertiary/aromatic N) is 2. The molecule has 0 aliphatic carbocycles. The summed E-state index contributed by atoms with van der Waals surface area (Å²) < 4.78 is 14.1. The number of aliphatic imine (C=N–C) groups is 1. The van der Waals surface area contributed by atoms with Gasteiger partial charge in [0.1, 0.15) is 5.82 Å². The van der Waals surface area contributed by atoms with E-state index in [1.807, 2.05) is 24.3 Å². The van der Waals surface area contributed by atoms with Gasteiger partial charge in [-0.05, 0) is 49.2 Å². The molecule has 7 heteroatoms. The molecule has 3 aromatic rings. The number of hydrogen-bond donors (Lipinski definition) is 3. The van der Waals surface area contributed by atoms with Crippen molar-refractivity contribution >= 4 is 34.4 Å². The van der Waals surface area contributed by atoms with Crippen LogP contribution in [0.1, 0.15) is 18.4 Å². The lowest BCUT2D eigenvalue weighted by molar-refractivity contribution is -0.122. The molecule has 0 spiro atoms. The molecule has 6 nitrogen and oxygen atoms in total. The zero-order valence-electron chi connectivity index (χ0n) is 15.2. The van der Waals surface area contributed by atoms with Gasteiger partial charge in [-0.25, -0.2) is 4.39 Å². The summed E-state index contributed by atoms with van der Waals surface area (Å²) in [7, 11) is 0. The van der Waals surface area contributed by atoms with E-state index in [-0.39, 0.29) is 17.7 Å². The summed E-state index contributed by atoms with van der Waals surface area (Å²) in [4.78, 5) is 20.6. The summed E-state index contributed by atoms with van der Waals surface area (Å²) >= 11 is 0. The molecule has 0 atom stereocenters. The van der Waals surface area contributed by atoms with Gasteiger partial charge in [0.05, 0.1) is 16.8 Å². The molecule has 4 rings (SSSR count). The number of carbonyl (C=O) groups is 1. The van der Waals surface area contributed by atoms with Crippen LogP contribution in [-0.2, 0) is 4.79 Å². The molecular formula is C21H21FN4O2. The number of carbonyl (C=O) groups excluding carboxylic acids is 1. The van der Waals surface area contributed by atoms with E-state index >= 15 is 0 Å². The number of hydrogen-bond acceptors (Lipinski definition) is 4. The van der Waals surface area contributed by atoms with Crippen LogP contribution in [0.5, 0.6) is 5.88 Å². The Morgan fingerprint density at radius 1 is 1.21 bits per heavy atom. The first-order valence-corrected chi connectivity index (χ1v) is 9.20. The number of H-pyrrole nitrogens is 1. The Kier molecular flexibility index (Phi) is 4.73. The molecule has 2 heterocycles. The van der Waals surface area contributed by atoms with E-state index in [2.05, 4.69) is 14.9 Å². The maximum atomic E-state index is 14.1. The maximum absolute atomic E-state index is 14.1. The Balaban J connectivity index is 1.50. The lowest BCUT2D eigenvalue weighted by atomic mass is 9.96. The van der Waals surface area contributed by atoms with Crippen molar-refractivity contribution in [2.24, 2.45) is 16.6 Å². The van der Waals surface area contributed by atoms with Crippen LogP contribution in [0.4, 0.5) is 15.8 Å². The van der Waals surface area contributed by atoms with Crippen molar-refractivity contribution in [2.45, 2.75) is 12.8 Å². The van der Waals surface area contributed by atoms with E-state index in [9.17, 15) is 14.3 Å². The third kappa shape index (κ3) is 3.43. The number of rotatable bonds is 4. The quantitative estimate of drug-likeness (QED) is 0.605. The van der Waals surface area contributed by atoms with E-state index in [0.717, 1.165) is 31.6 Å². The Bertz CT molecular complexity index is 1030. The van der Waals surface area contributed by atoms with Crippen LogP contribution in [0.2, 0.25) is 0 Å². The predicted molar refractivity (Wildman–Crippen MR) is 108 cm³/mol. The number of benzene rings is 2. The van der Waals surface area contributed by atoms with Crippen molar-refractivity contribution in [3.8, 4) is 5.88 Å². The van der Waals surface area contributed by atoms with Gasteiger partial charge in [0.25, 0.3) is 0 Å². The molecule has 2 aromatic carbocycles. The van der Waals surface area contributed by atoms with Crippen molar-refractivity contribution in [1.29, 1.82) is 0 Å². The highest BCUT2D eigenvalue weighted by Crippen LogP contribution is 2.29. The molecule has 4 N–H and O–H groups in total. The van der Waals surface area contributed by atoms with Crippen LogP contribution < -0.4 is 10.6 Å². The van der Waals surface area contributed by atoms with Gasteiger partial charge in [-0.1, -0.05) is 6.07 Å². The number of amides is 1. The van der Waals surface area contributed by atoms with Gasteiger partial charge in [0.15, 0.2) is 5.88 Å². The molecule has 0 saturated carbocycles. The standard InChI is InChI=1S/C21H21FN4O2/c22-17-2-1-3-18-19(17)16(21(28)25-18)12-24-14-4-6-15(7-5-14)26-10-8-13(9-11-26)20(23)27/h1-7,12-13,25,28H,8-11H2,(H2,23,27). The first kappa shape index (κ1) is 18.0. The fraction of sp³-hybridized carbons (Fsp3) is 0.238. The number of aromatic hydroxyl groups is 1. The first-order valence-electron chi connectivity index (χ1n) is 9.20. The van der Waals surface area contributed by atoms with E-state index in [1.54, 1.807) is 12.1 Å². The van der Waals surface area contributed by atoms with Crippen LogP contribution in [-0.4, -0.2) is 35.3 Å². The second-order valence-corrected chi connectivity index (χ2v) is 6.99. The Hall–Kier alpha value is -3.35. The van der Waals surface area contributed by atoms with Gasteiger partial charge in [-0.3, -0.25) is 9.79 Å². The molecule has 1 aliphatic rings. The minimum absolute atomic E-state index is 0.0376. The molecule has 28 heavy (non-hydrogen) atoms. The molecular weight excluding hydrogens is 359 g/mol. The molecule has 1 amide bonds. The van der Waals surface area contributed by atoms with Crippen molar-refractivity contribution in [3.63, 3.8) is 0 Å². The van der Waals surface area contributed by atoms with Gasteiger partial charge in [0, 0.05) is 36.3 Å². The molecule has 1 aromatic heterocycles. The van der Waals surface area contributed by atoms with Crippen molar-refractivity contribution in [2.75, 3.05) is 18.0 Å². The number of piperidine rings is 1. The summed E-state index contributed by atoms with van der Waals surface area (Å²) in [5, 5.41) is 10.4. The van der Waals surface area contributed by atoms with Crippen molar-refractivity contribution in [1.82, 2.24) is 4.98 Å². The van der Waals surface area contributed by atoms with E-state index in [4.69, 9.17) is 5.73 Å². The zero-order valence-corrected chi connectivity index (χ0v) is 15.2. The highest BCUT2D eigenvalue weighted by molar-refractivity contribution is 6.02. The van der Waals surface area contributed by atoms with Crippen LogP contribution >= 0.6 is 0 Å². The third-order valence-electron chi connectivity index (χ3n) is 5.25. The second kappa shape index (κ2) is 7.34. The summed E-state index contributed by atoms with van der Waals surface area (Å²) in [6.07, 6.45) is 2.99. The fourth-order valence-electron chi connectivity index (χ4n) is 3.65. The predicted octanol–water partition coefficient (Wildman–Crippen LogP) is 3.46. The molecule has 1 fully saturated rings. The summed E-state index contributed by atoms with van der Waals surface area (Å²) in [6.45, 7) is 1.58. The monoisotopic (exact) mass is 380 g/mol. The summed E-state index contributed by atoms with van der Waals surface area (Å²) in [6, 6.07) is 12.3. The number of halogens is 1. The van der Waals surface area contributed by atoms with Gasteiger partial charge in [0.2, 0.25) is 5.91 Å². The van der Waals surface area contributed by atoms with Crippen molar-refractivity contribution < 1.29 is 14.3 Å². The van der Waals surface area contributed by atoms with Gasteiger partial charge < -0.3 is 20.7 Å². The van der Waals surface area contributed by atoms with Gasteiger partial charge in [-0.2, -0.15) is 0 Å². The molecule has 0 bridgehead atoms. The zero-order chi connectivity index (χ0) is 19.7. The largest absolute Gasteiger partial charge is 0.494 e. The normalized spacial score (nSPS) is 15.5. The van der Waals surface area contributed by atoms with Crippen LogP contribution in [0, 0.1) is 11.7 Å². The lowest BCUT2D eigenvalue weighted by Gasteiger charge is -2.32. The van der Waals surface area contributed by atoms with Gasteiger partial charge >= 0.3 is 0 Å². The number of nitrogens with two attached hydrogens (primary N) is 1. The fourth-order valence-corrected chi connectivity index (χ4v) is 3.65. The van der Waals surface area contributed by atoms with Gasteiger partial charge in [-0.15, -0.1) is 0 Å². The third-order valence-corrected chi connectivity index (χ3v) is 5.25. The average molecular weight is 380 g/mol. The van der Waals surface area contributed by atoms with Crippen LogP contribution in [0.25, 0.3) is 10.9 Å². The van der Waals surface area contributed by atoms with E-state index in [0.29, 0.717) is 22.2 Å². The van der Waals surface area contributed by atoms with Crippen LogP contribution in [0.3, 0.4) is 0 Å². The van der Waals surface area contributed by atoms with E-state index in [1.165, 1.54) is 12.3 Å². The Morgan fingerprint density at radius 3 is 2.61 bits per heavy atom. The highest BCUT2D eigenvalue weighted by Gasteiger charge is 2.23. The van der Waals surface area contributed by atoms with E-state index < -0.39 is 5.82 Å². The number of fused-ring (bicyclic) bond motifs is 1. The Morgan fingerprint density at radius 2 is 1.93 bits per heavy atom. The van der Waals surface area contributed by atoms with Crippen molar-refractivity contribution in [3.05, 3.63) is 53.8 Å².